The molecule has 3 rings (SSSR count). The number of nitrogens with one attached hydrogen (secondary N) is 1. The van der Waals surface area contributed by atoms with E-state index >= 15 is 0 Å². The standard InChI is InChI=1S/C20H20BrN3O3S/c1-4-19-13(2)22-24(14(19)3)17-10-8-15(9-11-17)20(25)23-28(26,27)18-7-5-6-16(21)12-18/h5-12H,4H2,1-3H3,(H,23,25). The molecule has 1 aromatic heterocycles. The summed E-state index contributed by atoms with van der Waals surface area (Å²) in [6.45, 7) is 6.06. The molecule has 1 N–H and O–H groups in total. The van der Waals surface area contributed by atoms with Crippen LogP contribution in [0.2, 0.25) is 0 Å². The van der Waals surface area contributed by atoms with Gasteiger partial charge in [0.15, 0.2) is 0 Å². The lowest BCUT2D eigenvalue weighted by molar-refractivity contribution is 0.0981. The molecule has 3 aromatic rings. The van der Waals surface area contributed by atoms with Gasteiger partial charge in [-0.2, -0.15) is 5.10 Å². The Kier molecular flexibility index (Phi) is 5.71. The average Bonchev–Trinajstić information content (AvgIpc) is 2.95. The van der Waals surface area contributed by atoms with E-state index in [1.807, 2.05) is 18.5 Å². The van der Waals surface area contributed by atoms with E-state index in [-0.39, 0.29) is 10.5 Å². The fraction of sp³-hybridized carbons (Fsp3) is 0.200. The third kappa shape index (κ3) is 4.02. The van der Waals surface area contributed by atoms with Crippen molar-refractivity contribution in [3.8, 4) is 5.69 Å². The van der Waals surface area contributed by atoms with Crippen LogP contribution in [0.1, 0.15) is 34.2 Å². The first-order valence-electron chi connectivity index (χ1n) is 8.71. The summed E-state index contributed by atoms with van der Waals surface area (Å²) < 4.78 is 29.4. The number of hydrogen-bond acceptors (Lipinski definition) is 4. The first-order chi connectivity index (χ1) is 13.2. The van der Waals surface area contributed by atoms with E-state index in [0.717, 1.165) is 23.5 Å². The predicted molar refractivity (Wildman–Crippen MR) is 111 cm³/mol. The van der Waals surface area contributed by atoms with Gasteiger partial charge in [0.2, 0.25) is 0 Å². The average molecular weight is 462 g/mol. The lowest BCUT2D eigenvalue weighted by Crippen LogP contribution is -2.30. The van der Waals surface area contributed by atoms with Crippen LogP contribution >= 0.6 is 15.9 Å². The molecule has 0 saturated carbocycles. The monoisotopic (exact) mass is 461 g/mol. The normalized spacial score (nSPS) is 11.4. The van der Waals surface area contributed by atoms with Crippen molar-refractivity contribution < 1.29 is 13.2 Å². The molecule has 0 atom stereocenters. The van der Waals surface area contributed by atoms with E-state index in [1.54, 1.807) is 36.4 Å². The highest BCUT2D eigenvalue weighted by Crippen LogP contribution is 2.19. The lowest BCUT2D eigenvalue weighted by atomic mass is 10.1. The van der Waals surface area contributed by atoms with Crippen molar-refractivity contribution in [1.29, 1.82) is 0 Å². The highest BCUT2D eigenvalue weighted by molar-refractivity contribution is 9.10. The number of aryl methyl sites for hydroxylation is 1. The minimum atomic E-state index is -3.95. The number of amides is 1. The molecule has 0 saturated heterocycles. The van der Waals surface area contributed by atoms with Gasteiger partial charge in [0.25, 0.3) is 15.9 Å². The van der Waals surface area contributed by atoms with Gasteiger partial charge < -0.3 is 0 Å². The van der Waals surface area contributed by atoms with Gasteiger partial charge in [0.1, 0.15) is 0 Å². The molecule has 0 aliphatic rings. The van der Waals surface area contributed by atoms with Crippen molar-refractivity contribution in [2.75, 3.05) is 0 Å². The first-order valence-corrected chi connectivity index (χ1v) is 11.0. The van der Waals surface area contributed by atoms with Crippen LogP contribution < -0.4 is 4.72 Å². The summed E-state index contributed by atoms with van der Waals surface area (Å²) in [5.41, 5.74) is 4.28. The Balaban J connectivity index is 1.83. The number of halogens is 1. The maximum atomic E-state index is 12.4. The summed E-state index contributed by atoms with van der Waals surface area (Å²) in [5.74, 6) is -0.686. The van der Waals surface area contributed by atoms with Crippen LogP contribution in [-0.4, -0.2) is 24.1 Å². The zero-order chi connectivity index (χ0) is 20.5. The second kappa shape index (κ2) is 7.89. The van der Waals surface area contributed by atoms with E-state index in [1.165, 1.54) is 17.7 Å². The zero-order valence-corrected chi connectivity index (χ0v) is 18.1. The molecule has 0 bridgehead atoms. The molecule has 0 radical (unpaired) electrons. The van der Waals surface area contributed by atoms with Crippen molar-refractivity contribution >= 4 is 31.9 Å². The van der Waals surface area contributed by atoms with Crippen molar-refractivity contribution in [2.24, 2.45) is 0 Å². The van der Waals surface area contributed by atoms with Crippen LogP contribution in [0, 0.1) is 13.8 Å². The van der Waals surface area contributed by atoms with Gasteiger partial charge in [-0.05, 0) is 68.3 Å². The Bertz CT molecular complexity index is 1140. The van der Waals surface area contributed by atoms with Gasteiger partial charge in [0, 0.05) is 15.7 Å². The number of sulfonamides is 1. The van der Waals surface area contributed by atoms with Gasteiger partial charge in [-0.25, -0.2) is 17.8 Å². The number of nitrogens with zero attached hydrogens (tertiary/aromatic N) is 2. The van der Waals surface area contributed by atoms with Crippen molar-refractivity contribution in [3.05, 3.63) is 75.5 Å². The Morgan fingerprint density at radius 1 is 1.14 bits per heavy atom. The minimum Gasteiger partial charge on any atom is -0.268 e. The summed E-state index contributed by atoms with van der Waals surface area (Å²) in [7, 11) is -3.95. The highest BCUT2D eigenvalue weighted by atomic mass is 79.9. The van der Waals surface area contributed by atoms with Crippen LogP contribution in [0.25, 0.3) is 5.69 Å². The van der Waals surface area contributed by atoms with Gasteiger partial charge in [-0.3, -0.25) is 4.79 Å². The third-order valence-corrected chi connectivity index (χ3v) is 6.32. The molecule has 1 amide bonds. The smallest absolute Gasteiger partial charge is 0.264 e. The van der Waals surface area contributed by atoms with Gasteiger partial charge >= 0.3 is 0 Å². The molecule has 0 aliphatic heterocycles. The molecule has 0 unspecified atom stereocenters. The van der Waals surface area contributed by atoms with Crippen LogP contribution in [0.4, 0.5) is 0 Å². The number of aromatic nitrogens is 2. The third-order valence-electron chi connectivity index (χ3n) is 4.50. The maximum absolute atomic E-state index is 12.4. The summed E-state index contributed by atoms with van der Waals surface area (Å²) >= 11 is 3.23. The number of carbonyl (C=O) groups is 1. The zero-order valence-electron chi connectivity index (χ0n) is 15.7. The summed E-state index contributed by atoms with van der Waals surface area (Å²) in [6, 6.07) is 12.8. The largest absolute Gasteiger partial charge is 0.268 e. The van der Waals surface area contributed by atoms with E-state index in [2.05, 4.69) is 32.7 Å². The predicted octanol–water partition coefficient (Wildman–Crippen LogP) is 3.93. The van der Waals surface area contributed by atoms with Crippen LogP contribution in [0.5, 0.6) is 0 Å². The lowest BCUT2D eigenvalue weighted by Gasteiger charge is -2.09. The molecule has 2 aromatic carbocycles. The Morgan fingerprint density at radius 3 is 2.39 bits per heavy atom. The van der Waals surface area contributed by atoms with Gasteiger partial charge in [-0.1, -0.05) is 28.9 Å². The topological polar surface area (TPSA) is 81.1 Å². The quantitative estimate of drug-likeness (QED) is 0.623. The van der Waals surface area contributed by atoms with E-state index < -0.39 is 15.9 Å². The summed E-state index contributed by atoms with van der Waals surface area (Å²) in [5, 5.41) is 4.55. The Morgan fingerprint density at radius 2 is 1.82 bits per heavy atom. The molecule has 8 heteroatoms. The minimum absolute atomic E-state index is 0.0154. The molecule has 28 heavy (non-hydrogen) atoms. The number of rotatable bonds is 5. The Labute approximate surface area is 172 Å². The number of carbonyl (C=O) groups excluding carboxylic acids is 1. The molecular formula is C20H20BrN3O3S. The molecule has 6 nitrogen and oxygen atoms in total. The van der Waals surface area contributed by atoms with Crippen LogP contribution in [0.15, 0.2) is 57.9 Å². The molecule has 0 fully saturated rings. The van der Waals surface area contributed by atoms with Gasteiger partial charge in [-0.15, -0.1) is 0 Å². The van der Waals surface area contributed by atoms with E-state index in [0.29, 0.717) is 4.47 Å². The summed E-state index contributed by atoms with van der Waals surface area (Å²) in [6.07, 6.45) is 0.894. The van der Waals surface area contributed by atoms with Crippen molar-refractivity contribution in [1.82, 2.24) is 14.5 Å². The van der Waals surface area contributed by atoms with Crippen molar-refractivity contribution in [3.63, 3.8) is 0 Å². The van der Waals surface area contributed by atoms with Crippen LogP contribution in [-0.2, 0) is 16.4 Å². The second-order valence-electron chi connectivity index (χ2n) is 6.35. The fourth-order valence-electron chi connectivity index (χ4n) is 3.07. The maximum Gasteiger partial charge on any atom is 0.264 e. The molecular weight excluding hydrogens is 442 g/mol. The number of hydrogen-bond donors (Lipinski definition) is 1. The SMILES string of the molecule is CCc1c(C)nn(-c2ccc(C(=O)NS(=O)(=O)c3cccc(Br)c3)cc2)c1C. The van der Waals surface area contributed by atoms with Crippen LogP contribution in [0.3, 0.4) is 0 Å². The first kappa shape index (κ1) is 20.3. The molecule has 0 spiro atoms. The molecule has 1 heterocycles. The fourth-order valence-corrected chi connectivity index (χ4v) is 4.64. The van der Waals surface area contributed by atoms with E-state index in [9.17, 15) is 13.2 Å². The second-order valence-corrected chi connectivity index (χ2v) is 8.95. The molecule has 0 aliphatic carbocycles. The number of benzene rings is 2. The highest BCUT2D eigenvalue weighted by Gasteiger charge is 2.19. The molecule has 146 valence electrons. The van der Waals surface area contributed by atoms with Crippen molar-refractivity contribution in [2.45, 2.75) is 32.1 Å². The van der Waals surface area contributed by atoms with Gasteiger partial charge in [0.05, 0.1) is 16.3 Å². The Hall–Kier alpha value is -2.45. The summed E-state index contributed by atoms with van der Waals surface area (Å²) in [4.78, 5) is 12.4. The van der Waals surface area contributed by atoms with E-state index in [4.69, 9.17) is 0 Å².